The predicted molar refractivity (Wildman–Crippen MR) is 52.6 cm³/mol. The summed E-state index contributed by atoms with van der Waals surface area (Å²) in [7, 11) is 0. The molecule has 3 heteroatoms. The van der Waals surface area contributed by atoms with Gasteiger partial charge in [-0.2, -0.15) is 5.26 Å². The molecular weight excluding hydrogens is 178 g/mol. The lowest BCUT2D eigenvalue weighted by atomic mass is 10.0. The molecule has 1 rings (SSSR count). The van der Waals surface area contributed by atoms with Crippen molar-refractivity contribution >= 4 is 12.0 Å². The van der Waals surface area contributed by atoms with Gasteiger partial charge in [-0.15, -0.1) is 0 Å². The van der Waals surface area contributed by atoms with E-state index >= 15 is 0 Å². The Morgan fingerprint density at radius 2 is 2.29 bits per heavy atom. The van der Waals surface area contributed by atoms with E-state index in [0.29, 0.717) is 5.56 Å². The summed E-state index contributed by atoms with van der Waals surface area (Å²) in [5.74, 6) is -0.994. The molecule has 0 unspecified atom stereocenters. The van der Waals surface area contributed by atoms with Gasteiger partial charge in [0.25, 0.3) is 0 Å². The summed E-state index contributed by atoms with van der Waals surface area (Å²) >= 11 is 0. The van der Waals surface area contributed by atoms with Crippen LogP contribution in [0.3, 0.4) is 0 Å². The van der Waals surface area contributed by atoms with Crippen LogP contribution in [0.4, 0.5) is 0 Å². The third-order valence-electron chi connectivity index (χ3n) is 1.90. The lowest BCUT2D eigenvalue weighted by molar-refractivity contribution is -0.131. The van der Waals surface area contributed by atoms with Gasteiger partial charge in [-0.25, -0.2) is 4.79 Å². The summed E-state index contributed by atoms with van der Waals surface area (Å²) < 4.78 is 0. The van der Waals surface area contributed by atoms with Gasteiger partial charge in [0.15, 0.2) is 0 Å². The zero-order valence-corrected chi connectivity index (χ0v) is 7.69. The second-order valence-corrected chi connectivity index (χ2v) is 2.80. The van der Waals surface area contributed by atoms with Crippen LogP contribution in [0.1, 0.15) is 16.7 Å². The van der Waals surface area contributed by atoms with E-state index in [1.165, 1.54) is 6.08 Å². The van der Waals surface area contributed by atoms with Crippen LogP contribution in [-0.4, -0.2) is 11.1 Å². The van der Waals surface area contributed by atoms with Crippen molar-refractivity contribution in [2.45, 2.75) is 6.92 Å². The molecule has 0 fully saturated rings. The molecule has 0 atom stereocenters. The SMILES string of the molecule is Cc1c(C#N)cccc1C=CC(=O)O. The van der Waals surface area contributed by atoms with Crippen molar-refractivity contribution in [2.75, 3.05) is 0 Å². The van der Waals surface area contributed by atoms with Gasteiger partial charge >= 0.3 is 5.97 Å². The number of nitriles is 1. The van der Waals surface area contributed by atoms with Crippen LogP contribution >= 0.6 is 0 Å². The Morgan fingerprint density at radius 1 is 1.57 bits per heavy atom. The molecule has 0 amide bonds. The summed E-state index contributed by atoms with van der Waals surface area (Å²) in [4.78, 5) is 10.3. The summed E-state index contributed by atoms with van der Waals surface area (Å²) in [5, 5.41) is 17.2. The zero-order chi connectivity index (χ0) is 10.6. The molecule has 1 aromatic rings. The molecule has 1 N–H and O–H groups in total. The van der Waals surface area contributed by atoms with Crippen molar-refractivity contribution in [1.29, 1.82) is 5.26 Å². The standard InChI is InChI=1S/C11H9NO2/c1-8-9(5-6-11(13)14)3-2-4-10(8)7-12/h2-6H,1H3,(H,13,14). The van der Waals surface area contributed by atoms with Crippen molar-refractivity contribution in [3.05, 3.63) is 41.0 Å². The smallest absolute Gasteiger partial charge is 0.328 e. The lowest BCUT2D eigenvalue weighted by Gasteiger charge is -2.00. The molecular formula is C11H9NO2. The van der Waals surface area contributed by atoms with Crippen molar-refractivity contribution in [2.24, 2.45) is 0 Å². The Labute approximate surface area is 81.9 Å². The second kappa shape index (κ2) is 4.24. The topological polar surface area (TPSA) is 61.1 Å². The van der Waals surface area contributed by atoms with Crippen LogP contribution in [0.15, 0.2) is 24.3 Å². The molecule has 0 heterocycles. The van der Waals surface area contributed by atoms with Gasteiger partial charge in [-0.1, -0.05) is 12.1 Å². The van der Waals surface area contributed by atoms with Gasteiger partial charge in [-0.05, 0) is 30.2 Å². The van der Waals surface area contributed by atoms with Gasteiger partial charge in [-0.3, -0.25) is 0 Å². The van der Waals surface area contributed by atoms with E-state index in [4.69, 9.17) is 10.4 Å². The number of hydrogen-bond acceptors (Lipinski definition) is 2. The molecule has 1 aromatic carbocycles. The highest BCUT2D eigenvalue weighted by Gasteiger charge is 2.00. The van der Waals surface area contributed by atoms with Crippen molar-refractivity contribution in [3.8, 4) is 6.07 Å². The number of rotatable bonds is 2. The third-order valence-corrected chi connectivity index (χ3v) is 1.90. The highest BCUT2D eigenvalue weighted by atomic mass is 16.4. The maximum atomic E-state index is 10.3. The van der Waals surface area contributed by atoms with Gasteiger partial charge in [0, 0.05) is 6.08 Å². The first-order chi connectivity index (χ1) is 6.65. The fourth-order valence-corrected chi connectivity index (χ4v) is 1.12. The zero-order valence-electron chi connectivity index (χ0n) is 7.69. The summed E-state index contributed by atoms with van der Waals surface area (Å²) in [6.07, 6.45) is 2.54. The number of hydrogen-bond donors (Lipinski definition) is 1. The van der Waals surface area contributed by atoms with Crippen LogP contribution < -0.4 is 0 Å². The number of carboxylic acid groups (broad SMARTS) is 1. The second-order valence-electron chi connectivity index (χ2n) is 2.80. The van der Waals surface area contributed by atoms with Crippen LogP contribution in [0.5, 0.6) is 0 Å². The molecule has 0 aliphatic rings. The van der Waals surface area contributed by atoms with Crippen LogP contribution in [0.2, 0.25) is 0 Å². The Balaban J connectivity index is 3.12. The van der Waals surface area contributed by atoms with E-state index in [1.54, 1.807) is 25.1 Å². The van der Waals surface area contributed by atoms with E-state index in [2.05, 4.69) is 0 Å². The molecule has 3 nitrogen and oxygen atoms in total. The van der Waals surface area contributed by atoms with Gasteiger partial charge in [0.2, 0.25) is 0 Å². The molecule has 0 radical (unpaired) electrons. The average molecular weight is 187 g/mol. The third kappa shape index (κ3) is 2.20. The summed E-state index contributed by atoms with van der Waals surface area (Å²) in [6.45, 7) is 1.79. The quantitative estimate of drug-likeness (QED) is 0.720. The first-order valence-corrected chi connectivity index (χ1v) is 4.06. The van der Waals surface area contributed by atoms with E-state index in [0.717, 1.165) is 17.2 Å². The molecule has 0 aliphatic heterocycles. The van der Waals surface area contributed by atoms with Gasteiger partial charge in [0.1, 0.15) is 0 Å². The average Bonchev–Trinajstić information content (AvgIpc) is 2.16. The first kappa shape index (κ1) is 10.0. The summed E-state index contributed by atoms with van der Waals surface area (Å²) in [6, 6.07) is 7.25. The van der Waals surface area contributed by atoms with Gasteiger partial charge in [0.05, 0.1) is 11.6 Å². The first-order valence-electron chi connectivity index (χ1n) is 4.06. The largest absolute Gasteiger partial charge is 0.478 e. The molecule has 0 aliphatic carbocycles. The van der Waals surface area contributed by atoms with E-state index < -0.39 is 5.97 Å². The fourth-order valence-electron chi connectivity index (χ4n) is 1.12. The minimum absolute atomic E-state index is 0.567. The Hall–Kier alpha value is -2.08. The number of nitrogens with zero attached hydrogens (tertiary/aromatic N) is 1. The normalized spacial score (nSPS) is 10.0. The number of carboxylic acids is 1. The molecule has 70 valence electrons. The molecule has 14 heavy (non-hydrogen) atoms. The van der Waals surface area contributed by atoms with Crippen molar-refractivity contribution < 1.29 is 9.90 Å². The Morgan fingerprint density at radius 3 is 2.86 bits per heavy atom. The minimum Gasteiger partial charge on any atom is -0.478 e. The van der Waals surface area contributed by atoms with Crippen LogP contribution in [0, 0.1) is 18.3 Å². The van der Waals surface area contributed by atoms with E-state index in [9.17, 15) is 4.79 Å². The van der Waals surface area contributed by atoms with Crippen LogP contribution in [-0.2, 0) is 4.79 Å². The molecule has 0 saturated carbocycles. The Kier molecular flexibility index (Phi) is 3.03. The molecule has 0 bridgehead atoms. The van der Waals surface area contributed by atoms with Gasteiger partial charge < -0.3 is 5.11 Å². The van der Waals surface area contributed by atoms with Crippen LogP contribution in [0.25, 0.3) is 6.08 Å². The van der Waals surface area contributed by atoms with Crippen molar-refractivity contribution in [1.82, 2.24) is 0 Å². The minimum atomic E-state index is -0.994. The Bertz CT molecular complexity index is 427. The van der Waals surface area contributed by atoms with Crippen molar-refractivity contribution in [3.63, 3.8) is 0 Å². The number of aliphatic carboxylic acids is 1. The monoisotopic (exact) mass is 187 g/mol. The highest BCUT2D eigenvalue weighted by Crippen LogP contribution is 2.14. The maximum absolute atomic E-state index is 10.3. The number of benzene rings is 1. The maximum Gasteiger partial charge on any atom is 0.328 e. The van der Waals surface area contributed by atoms with E-state index in [-0.39, 0.29) is 0 Å². The highest BCUT2D eigenvalue weighted by molar-refractivity contribution is 5.85. The van der Waals surface area contributed by atoms with E-state index in [1.807, 2.05) is 6.07 Å². The molecule has 0 spiro atoms. The lowest BCUT2D eigenvalue weighted by Crippen LogP contribution is -1.89. The number of carbonyl (C=O) groups is 1. The molecule has 0 saturated heterocycles. The molecule has 0 aromatic heterocycles. The predicted octanol–water partition coefficient (Wildman–Crippen LogP) is 1.96. The summed E-state index contributed by atoms with van der Waals surface area (Å²) in [5.41, 5.74) is 2.12. The fraction of sp³-hybridized carbons (Fsp3) is 0.0909.